The van der Waals surface area contributed by atoms with Crippen LogP contribution in [0.1, 0.15) is 5.69 Å². The van der Waals surface area contributed by atoms with E-state index in [-0.39, 0.29) is 24.3 Å². The Morgan fingerprint density at radius 2 is 2.06 bits per heavy atom. The Morgan fingerprint density at radius 3 is 2.67 bits per heavy atom. The van der Waals surface area contributed by atoms with Crippen molar-refractivity contribution >= 4 is 0 Å². The van der Waals surface area contributed by atoms with Gasteiger partial charge in [-0.05, 0) is 6.07 Å². The van der Waals surface area contributed by atoms with E-state index in [0.29, 0.717) is 6.54 Å². The molecule has 0 aromatic carbocycles. The van der Waals surface area contributed by atoms with E-state index < -0.39 is 0 Å². The third kappa shape index (κ3) is 2.40. The smallest absolute Gasteiger partial charge is 0.329 e. The monoisotopic (exact) mass is 249 g/mol. The number of aryl methyl sites for hydroxylation is 1. The zero-order valence-electron chi connectivity index (χ0n) is 10.1. The minimum absolute atomic E-state index is 0.223. The third-order valence-corrected chi connectivity index (χ3v) is 2.59. The van der Waals surface area contributed by atoms with Crippen LogP contribution in [0.5, 0.6) is 0 Å². The molecule has 0 aliphatic heterocycles. The third-order valence-electron chi connectivity index (χ3n) is 2.59. The summed E-state index contributed by atoms with van der Waals surface area (Å²) < 4.78 is 4.23. The van der Waals surface area contributed by atoms with Crippen LogP contribution in [-0.2, 0) is 20.1 Å². The van der Waals surface area contributed by atoms with Gasteiger partial charge in [0.15, 0.2) is 0 Å². The summed E-state index contributed by atoms with van der Waals surface area (Å²) in [6.45, 7) is 0.813. The molecule has 0 saturated heterocycles. The van der Waals surface area contributed by atoms with E-state index in [4.69, 9.17) is 5.73 Å². The summed E-state index contributed by atoms with van der Waals surface area (Å²) in [5, 5.41) is 4.19. The average molecular weight is 249 g/mol. The molecule has 0 unspecified atom stereocenters. The minimum Gasteiger partial charge on any atom is -0.329 e. The predicted octanol–water partition coefficient (Wildman–Crippen LogP) is -1.25. The molecule has 0 spiro atoms. The number of hydrogen-bond donors (Lipinski definition) is 1. The van der Waals surface area contributed by atoms with Crippen LogP contribution in [0.4, 0.5) is 0 Å². The van der Waals surface area contributed by atoms with E-state index in [1.54, 1.807) is 10.9 Å². The second-order valence-electron chi connectivity index (χ2n) is 3.99. The van der Waals surface area contributed by atoms with E-state index in [1.165, 1.54) is 16.8 Å². The molecule has 7 heteroatoms. The Kier molecular flexibility index (Phi) is 3.42. The van der Waals surface area contributed by atoms with Gasteiger partial charge in [0.25, 0.3) is 5.56 Å². The average Bonchev–Trinajstić information content (AvgIpc) is 2.74. The molecule has 0 saturated carbocycles. The first kappa shape index (κ1) is 12.3. The van der Waals surface area contributed by atoms with Gasteiger partial charge in [-0.15, -0.1) is 0 Å². The maximum atomic E-state index is 12.0. The maximum Gasteiger partial charge on any atom is 0.331 e. The van der Waals surface area contributed by atoms with Crippen molar-refractivity contribution in [3.63, 3.8) is 0 Å². The summed E-state index contributed by atoms with van der Waals surface area (Å²) in [4.78, 5) is 23.5. The molecule has 0 radical (unpaired) electrons. The molecule has 0 amide bonds. The van der Waals surface area contributed by atoms with Gasteiger partial charge in [-0.25, -0.2) is 4.79 Å². The van der Waals surface area contributed by atoms with Crippen LogP contribution >= 0.6 is 0 Å². The van der Waals surface area contributed by atoms with Gasteiger partial charge in [0.2, 0.25) is 0 Å². The topological polar surface area (TPSA) is 87.8 Å². The van der Waals surface area contributed by atoms with Gasteiger partial charge >= 0.3 is 5.69 Å². The van der Waals surface area contributed by atoms with Crippen LogP contribution in [0.2, 0.25) is 0 Å². The van der Waals surface area contributed by atoms with E-state index in [2.05, 4.69) is 5.10 Å². The number of nitrogens with zero attached hydrogens (tertiary/aromatic N) is 4. The van der Waals surface area contributed by atoms with Gasteiger partial charge in [-0.2, -0.15) is 5.10 Å². The molecule has 0 aliphatic carbocycles. The van der Waals surface area contributed by atoms with Crippen molar-refractivity contribution in [1.82, 2.24) is 18.9 Å². The first-order chi connectivity index (χ1) is 8.61. The van der Waals surface area contributed by atoms with Gasteiger partial charge < -0.3 is 5.73 Å². The van der Waals surface area contributed by atoms with Gasteiger partial charge in [0.1, 0.15) is 0 Å². The van der Waals surface area contributed by atoms with Crippen LogP contribution < -0.4 is 17.0 Å². The van der Waals surface area contributed by atoms with Crippen LogP contribution in [-0.4, -0.2) is 25.5 Å². The Bertz CT molecular complexity index is 652. The highest BCUT2D eigenvalue weighted by Crippen LogP contribution is 1.95. The molecule has 2 N–H and O–H groups in total. The van der Waals surface area contributed by atoms with E-state index >= 15 is 0 Å². The zero-order valence-corrected chi connectivity index (χ0v) is 10.1. The normalized spacial score (nSPS) is 10.8. The fraction of sp³-hybridized carbons (Fsp3) is 0.364. The lowest BCUT2D eigenvalue weighted by molar-refractivity contribution is 0.572. The lowest BCUT2D eigenvalue weighted by Gasteiger charge is -2.07. The van der Waals surface area contributed by atoms with E-state index in [1.807, 2.05) is 13.1 Å². The summed E-state index contributed by atoms with van der Waals surface area (Å²) >= 11 is 0. The second kappa shape index (κ2) is 5.01. The summed E-state index contributed by atoms with van der Waals surface area (Å²) in [6, 6.07) is 3.19. The Labute approximate surface area is 103 Å². The number of nitrogens with two attached hydrogens (primary N) is 1. The molecule has 18 heavy (non-hydrogen) atoms. The number of rotatable bonds is 4. The molecule has 2 heterocycles. The van der Waals surface area contributed by atoms with Crippen molar-refractivity contribution in [3.8, 4) is 0 Å². The largest absolute Gasteiger partial charge is 0.331 e. The molecule has 7 nitrogen and oxygen atoms in total. The molecular weight excluding hydrogens is 234 g/mol. The van der Waals surface area contributed by atoms with Crippen LogP contribution in [0, 0.1) is 0 Å². The molecular formula is C11H15N5O2. The summed E-state index contributed by atoms with van der Waals surface area (Å²) in [5.41, 5.74) is 5.45. The van der Waals surface area contributed by atoms with Gasteiger partial charge in [0, 0.05) is 38.6 Å². The van der Waals surface area contributed by atoms with Crippen molar-refractivity contribution < 1.29 is 0 Å². The SMILES string of the molecule is Cn1ccc(Cn2ccc(=O)n(CCN)c2=O)n1. The number of hydrogen-bond acceptors (Lipinski definition) is 4. The van der Waals surface area contributed by atoms with Gasteiger partial charge in [-0.3, -0.25) is 18.6 Å². The summed E-state index contributed by atoms with van der Waals surface area (Å²) in [5.74, 6) is 0. The van der Waals surface area contributed by atoms with Crippen LogP contribution in [0.15, 0.2) is 34.1 Å². The lowest BCUT2D eigenvalue weighted by Crippen LogP contribution is -2.40. The van der Waals surface area contributed by atoms with Crippen molar-refractivity contribution in [2.24, 2.45) is 12.8 Å². The highest BCUT2D eigenvalue weighted by atomic mass is 16.2. The quantitative estimate of drug-likeness (QED) is 0.733. The summed E-state index contributed by atoms with van der Waals surface area (Å²) in [6.07, 6.45) is 3.28. The van der Waals surface area contributed by atoms with Crippen molar-refractivity contribution in [2.75, 3.05) is 6.54 Å². The Morgan fingerprint density at radius 1 is 1.28 bits per heavy atom. The van der Waals surface area contributed by atoms with Crippen molar-refractivity contribution in [1.29, 1.82) is 0 Å². The fourth-order valence-corrected chi connectivity index (χ4v) is 1.73. The molecule has 0 fully saturated rings. The molecule has 2 aromatic heterocycles. The van der Waals surface area contributed by atoms with Gasteiger partial charge in [-0.1, -0.05) is 0 Å². The molecule has 0 bridgehead atoms. The predicted molar refractivity (Wildman–Crippen MR) is 66.3 cm³/mol. The van der Waals surface area contributed by atoms with E-state index in [9.17, 15) is 9.59 Å². The molecule has 2 rings (SSSR count). The standard InChI is InChI=1S/C11H15N5O2/c1-14-5-2-9(13-14)8-15-6-3-10(17)16(7-4-12)11(15)18/h2-3,5-6H,4,7-8,12H2,1H3. The van der Waals surface area contributed by atoms with Gasteiger partial charge in [0.05, 0.1) is 12.2 Å². The maximum absolute atomic E-state index is 12.0. The first-order valence-electron chi connectivity index (χ1n) is 5.60. The highest BCUT2D eigenvalue weighted by Gasteiger charge is 2.06. The van der Waals surface area contributed by atoms with Crippen LogP contribution in [0.25, 0.3) is 0 Å². The molecule has 0 aliphatic rings. The molecule has 96 valence electrons. The Hall–Kier alpha value is -2.15. The Balaban J connectivity index is 2.37. The highest BCUT2D eigenvalue weighted by molar-refractivity contribution is 5.00. The lowest BCUT2D eigenvalue weighted by atomic mass is 10.4. The van der Waals surface area contributed by atoms with Crippen molar-refractivity contribution in [2.45, 2.75) is 13.1 Å². The van der Waals surface area contributed by atoms with Crippen molar-refractivity contribution in [3.05, 3.63) is 51.1 Å². The van der Waals surface area contributed by atoms with E-state index in [0.717, 1.165) is 10.3 Å². The first-order valence-corrected chi connectivity index (χ1v) is 5.60. The zero-order chi connectivity index (χ0) is 13.1. The molecule has 2 aromatic rings. The fourth-order valence-electron chi connectivity index (χ4n) is 1.73. The second-order valence-corrected chi connectivity index (χ2v) is 3.99. The molecule has 0 atom stereocenters. The number of aromatic nitrogens is 4. The van der Waals surface area contributed by atoms with Crippen LogP contribution in [0.3, 0.4) is 0 Å². The minimum atomic E-state index is -0.362. The summed E-state index contributed by atoms with van der Waals surface area (Å²) in [7, 11) is 1.81.